The van der Waals surface area contributed by atoms with Crippen molar-refractivity contribution in [1.29, 1.82) is 0 Å². The van der Waals surface area contributed by atoms with Gasteiger partial charge in [0.2, 0.25) is 5.13 Å². The van der Waals surface area contributed by atoms with E-state index in [1.165, 1.54) is 11.3 Å². The van der Waals surface area contributed by atoms with Gasteiger partial charge in [0, 0.05) is 27.1 Å². The molecule has 0 radical (unpaired) electrons. The summed E-state index contributed by atoms with van der Waals surface area (Å²) < 4.78 is 3.29. The van der Waals surface area contributed by atoms with Gasteiger partial charge in [0.1, 0.15) is 10.8 Å². The summed E-state index contributed by atoms with van der Waals surface area (Å²) in [7, 11) is 0. The number of hydrogen-bond acceptors (Lipinski definition) is 6. The Hall–Kier alpha value is -6.48. The first-order valence-corrected chi connectivity index (χ1v) is 17.8. The number of para-hydroxylation sites is 1. The maximum absolute atomic E-state index is 14.9. The van der Waals surface area contributed by atoms with Gasteiger partial charge in [0.25, 0.3) is 11.1 Å². The molecule has 0 bridgehead atoms. The van der Waals surface area contributed by atoms with E-state index in [1.54, 1.807) is 39.5 Å². The second kappa shape index (κ2) is 13.0. The summed E-state index contributed by atoms with van der Waals surface area (Å²) in [5, 5.41) is 12.4. The highest BCUT2D eigenvalue weighted by molar-refractivity contribution is 7.17. The lowest BCUT2D eigenvalue weighted by Gasteiger charge is -2.20. The number of fused-ring (bicyclic) bond motifs is 2. The summed E-state index contributed by atoms with van der Waals surface area (Å²) in [6.07, 6.45) is 0. The fraction of sp³-hybridized carbons (Fsp3) is 0. The van der Waals surface area contributed by atoms with Gasteiger partial charge in [-0.05, 0) is 71.1 Å². The van der Waals surface area contributed by atoms with Crippen molar-refractivity contribution in [1.82, 2.24) is 24.3 Å². The van der Waals surface area contributed by atoms with Crippen LogP contribution in [-0.2, 0) is 0 Å². The highest BCUT2D eigenvalue weighted by Crippen LogP contribution is 2.40. The zero-order chi connectivity index (χ0) is 35.2. The molecule has 9 rings (SSSR count). The third-order valence-corrected chi connectivity index (χ3v) is 10.2. The van der Waals surface area contributed by atoms with E-state index in [2.05, 4.69) is 10.2 Å². The van der Waals surface area contributed by atoms with Crippen molar-refractivity contribution in [3.8, 4) is 55.2 Å². The number of pyridine rings is 1. The highest BCUT2D eigenvalue weighted by Gasteiger charge is 2.24. The molecule has 0 N–H and O–H groups in total. The van der Waals surface area contributed by atoms with Gasteiger partial charge in [-0.15, -0.1) is 10.2 Å². The molecule has 0 fully saturated rings. The second-order valence-corrected chi connectivity index (χ2v) is 13.6. The minimum absolute atomic E-state index is 0.227. The molecule has 0 unspecified atom stereocenters. The van der Waals surface area contributed by atoms with Crippen LogP contribution in [-0.4, -0.2) is 24.3 Å². The van der Waals surface area contributed by atoms with Crippen LogP contribution in [0.3, 0.4) is 0 Å². The standard InChI is InChI=1S/C43H26ClN5O2S/c44-31-22-20-29(21-23-31)39-45-36-19-11-10-18-34(36)42(51)48(39)32-24-25-33-35(26-32)37(27-12-4-1-5-13-27)38(28-14-6-2-7-15-28)49(41(33)50)43-47-46-40(52-43)30-16-8-3-9-17-30/h1-26H. The average molecular weight is 712 g/mol. The lowest BCUT2D eigenvalue weighted by atomic mass is 9.93. The summed E-state index contributed by atoms with van der Waals surface area (Å²) in [5.41, 5.74) is 5.51. The largest absolute Gasteiger partial charge is 0.268 e. The van der Waals surface area contributed by atoms with Gasteiger partial charge < -0.3 is 0 Å². The molecule has 0 aliphatic rings. The van der Waals surface area contributed by atoms with Gasteiger partial charge in [-0.2, -0.15) is 0 Å². The van der Waals surface area contributed by atoms with E-state index in [0.29, 0.717) is 54.0 Å². The van der Waals surface area contributed by atoms with Crippen molar-refractivity contribution in [3.05, 3.63) is 183 Å². The van der Waals surface area contributed by atoms with Crippen molar-refractivity contribution in [2.24, 2.45) is 0 Å². The van der Waals surface area contributed by atoms with Crippen LogP contribution in [0.15, 0.2) is 167 Å². The molecule has 0 saturated carbocycles. The molecule has 0 aliphatic carbocycles. The van der Waals surface area contributed by atoms with Crippen molar-refractivity contribution in [2.75, 3.05) is 0 Å². The van der Waals surface area contributed by atoms with E-state index in [9.17, 15) is 9.59 Å². The molecule has 0 aliphatic heterocycles. The molecule has 0 atom stereocenters. The van der Waals surface area contributed by atoms with Gasteiger partial charge >= 0.3 is 0 Å². The van der Waals surface area contributed by atoms with Crippen LogP contribution in [0, 0.1) is 0 Å². The normalized spacial score (nSPS) is 11.3. The van der Waals surface area contributed by atoms with E-state index in [4.69, 9.17) is 16.6 Å². The van der Waals surface area contributed by atoms with Crippen LogP contribution in [0.1, 0.15) is 0 Å². The summed E-state index contributed by atoms with van der Waals surface area (Å²) >= 11 is 7.62. The van der Waals surface area contributed by atoms with Gasteiger partial charge in [-0.1, -0.05) is 126 Å². The molecule has 52 heavy (non-hydrogen) atoms. The molecule has 0 amide bonds. The number of benzene rings is 6. The Bertz CT molecular complexity index is 2890. The van der Waals surface area contributed by atoms with Crippen LogP contribution in [0.5, 0.6) is 0 Å². The molecule has 3 aromatic heterocycles. The molecule has 9 heteroatoms. The molecular formula is C43H26ClN5O2S. The Kier molecular flexibility index (Phi) is 7.88. The Labute approximate surface area is 306 Å². The molecule has 6 aromatic carbocycles. The molecule has 0 saturated heterocycles. The van der Waals surface area contributed by atoms with Gasteiger partial charge in [-0.25, -0.2) is 9.55 Å². The van der Waals surface area contributed by atoms with Gasteiger partial charge in [0.15, 0.2) is 0 Å². The zero-order valence-corrected chi connectivity index (χ0v) is 28.9. The van der Waals surface area contributed by atoms with E-state index < -0.39 is 0 Å². The Balaban J connectivity index is 1.39. The summed E-state index contributed by atoms with van der Waals surface area (Å²) in [6, 6.07) is 49.7. The monoisotopic (exact) mass is 711 g/mol. The second-order valence-electron chi connectivity index (χ2n) is 12.2. The van der Waals surface area contributed by atoms with Gasteiger partial charge in [0.05, 0.1) is 22.3 Å². The molecule has 3 heterocycles. The third kappa shape index (κ3) is 5.42. The molecule has 7 nitrogen and oxygen atoms in total. The van der Waals surface area contributed by atoms with Crippen LogP contribution in [0.2, 0.25) is 5.02 Å². The Morgan fingerprint density at radius 1 is 0.519 bits per heavy atom. The number of halogens is 1. The third-order valence-electron chi connectivity index (χ3n) is 9.04. The predicted octanol–water partition coefficient (Wildman–Crippen LogP) is 9.86. The lowest BCUT2D eigenvalue weighted by Crippen LogP contribution is -2.23. The van der Waals surface area contributed by atoms with Crippen molar-refractivity contribution in [2.45, 2.75) is 0 Å². The minimum Gasteiger partial charge on any atom is -0.268 e. The fourth-order valence-corrected chi connectivity index (χ4v) is 7.62. The smallest absolute Gasteiger partial charge is 0.266 e. The number of nitrogens with zero attached hydrogens (tertiary/aromatic N) is 5. The quantitative estimate of drug-likeness (QED) is 0.172. The van der Waals surface area contributed by atoms with E-state index in [0.717, 1.165) is 27.8 Å². The molecule has 9 aromatic rings. The van der Waals surface area contributed by atoms with E-state index in [-0.39, 0.29) is 11.1 Å². The number of aromatic nitrogens is 5. The summed E-state index contributed by atoms with van der Waals surface area (Å²) in [6.45, 7) is 0. The Morgan fingerprint density at radius 3 is 1.85 bits per heavy atom. The summed E-state index contributed by atoms with van der Waals surface area (Å²) in [5.74, 6) is 0.458. The topological polar surface area (TPSA) is 82.7 Å². The lowest BCUT2D eigenvalue weighted by molar-refractivity contribution is 0.945. The number of rotatable bonds is 6. The van der Waals surface area contributed by atoms with Crippen molar-refractivity contribution in [3.63, 3.8) is 0 Å². The maximum atomic E-state index is 14.9. The van der Waals surface area contributed by atoms with Crippen LogP contribution >= 0.6 is 22.9 Å². The first kappa shape index (κ1) is 31.5. The molecule has 0 spiro atoms. The first-order chi connectivity index (χ1) is 25.5. The van der Waals surface area contributed by atoms with Gasteiger partial charge in [-0.3, -0.25) is 14.2 Å². The van der Waals surface area contributed by atoms with Crippen molar-refractivity contribution < 1.29 is 0 Å². The van der Waals surface area contributed by atoms with E-state index >= 15 is 0 Å². The van der Waals surface area contributed by atoms with Crippen LogP contribution in [0.4, 0.5) is 0 Å². The fourth-order valence-electron chi connectivity index (χ4n) is 6.64. The first-order valence-electron chi connectivity index (χ1n) is 16.6. The average Bonchev–Trinajstić information content (AvgIpc) is 3.69. The molecule has 248 valence electrons. The zero-order valence-electron chi connectivity index (χ0n) is 27.3. The Morgan fingerprint density at radius 2 is 1.13 bits per heavy atom. The maximum Gasteiger partial charge on any atom is 0.266 e. The van der Waals surface area contributed by atoms with Crippen LogP contribution in [0.25, 0.3) is 76.8 Å². The number of hydrogen-bond donors (Lipinski definition) is 0. The predicted molar refractivity (Wildman–Crippen MR) is 211 cm³/mol. The minimum atomic E-state index is -0.252. The van der Waals surface area contributed by atoms with Crippen molar-refractivity contribution >= 4 is 44.6 Å². The van der Waals surface area contributed by atoms with Crippen LogP contribution < -0.4 is 11.1 Å². The SMILES string of the molecule is O=c1c2ccccc2nc(-c2ccc(Cl)cc2)n1-c1ccc2c(=O)n(-c3nnc(-c4ccccc4)s3)c(-c3ccccc3)c(-c3ccccc3)c2c1. The summed E-state index contributed by atoms with van der Waals surface area (Å²) in [4.78, 5) is 34.3. The molecular weight excluding hydrogens is 686 g/mol. The van der Waals surface area contributed by atoms with E-state index in [1.807, 2.05) is 127 Å². The highest BCUT2D eigenvalue weighted by atomic mass is 35.5.